The van der Waals surface area contributed by atoms with E-state index in [1.54, 1.807) is 6.92 Å². The maximum Gasteiger partial charge on any atom is 0.303 e. The van der Waals surface area contributed by atoms with Crippen molar-refractivity contribution in [2.24, 2.45) is 0 Å². The van der Waals surface area contributed by atoms with Crippen molar-refractivity contribution < 1.29 is 83.8 Å². The van der Waals surface area contributed by atoms with Gasteiger partial charge in [-0.2, -0.15) is 0 Å². The van der Waals surface area contributed by atoms with Gasteiger partial charge in [0.15, 0.2) is 24.6 Å². The Hall–Kier alpha value is -5.75. The molecule has 1 unspecified atom stereocenters. The molecule has 22 heteroatoms. The molecule has 22 nitrogen and oxygen atoms in total. The Morgan fingerprint density at radius 2 is 1.66 bits per heavy atom. The van der Waals surface area contributed by atoms with Crippen LogP contribution in [0.3, 0.4) is 0 Å². The number of carbonyl (C=O) groups is 7. The van der Waals surface area contributed by atoms with Crippen molar-refractivity contribution in [1.29, 1.82) is 0 Å². The summed E-state index contributed by atoms with van der Waals surface area (Å²) in [6, 6.07) is 4.10. The van der Waals surface area contributed by atoms with Crippen molar-refractivity contribution in [2.45, 2.75) is 94.2 Å². The monoisotopic (exact) mass is 899 g/mol. The zero-order valence-electron chi connectivity index (χ0n) is 36.2. The molecule has 8 N–H and O–H groups in total. The number of hydrogen-bond acceptors (Lipinski definition) is 17. The number of amides is 4. The molecule has 64 heavy (non-hydrogen) atoms. The Labute approximate surface area is 367 Å². The number of fused-ring (bicyclic) bond motifs is 6. The lowest BCUT2D eigenvalue weighted by atomic mass is 9.72. The number of morpholine rings is 1. The summed E-state index contributed by atoms with van der Waals surface area (Å²) in [4.78, 5) is 91.1. The van der Waals surface area contributed by atoms with Crippen LogP contribution < -0.4 is 26.0 Å². The Bertz CT molecular complexity index is 2260. The van der Waals surface area contributed by atoms with Gasteiger partial charge in [0.1, 0.15) is 29.0 Å². The summed E-state index contributed by atoms with van der Waals surface area (Å²) in [6.45, 7) is 1.68. The molecule has 2 aromatic rings. The molecule has 3 fully saturated rings. The quantitative estimate of drug-likeness (QED) is 0.0623. The van der Waals surface area contributed by atoms with Gasteiger partial charge in [0.2, 0.25) is 23.5 Å². The molecule has 0 spiro atoms. The van der Waals surface area contributed by atoms with Crippen LogP contribution in [0.1, 0.15) is 89.4 Å². The second kappa shape index (κ2) is 19.2. The lowest BCUT2D eigenvalue weighted by Crippen LogP contribution is -2.55. The molecule has 0 aromatic heterocycles. The fourth-order valence-corrected chi connectivity index (χ4v) is 8.93. The fraction of sp³-hybridized carbons (Fsp3) is 0.548. The number of nitrogens with one attached hydrogen (secondary N) is 4. The van der Waals surface area contributed by atoms with E-state index >= 15 is 0 Å². The number of carboxylic acids is 1. The van der Waals surface area contributed by atoms with E-state index < -0.39 is 139 Å². The number of ketones is 2. The van der Waals surface area contributed by atoms with Crippen molar-refractivity contribution in [3.63, 3.8) is 0 Å². The van der Waals surface area contributed by atoms with Gasteiger partial charge in [0.05, 0.1) is 55.6 Å². The van der Waals surface area contributed by atoms with Gasteiger partial charge < -0.3 is 70.1 Å². The van der Waals surface area contributed by atoms with Gasteiger partial charge >= 0.3 is 5.97 Å². The van der Waals surface area contributed by atoms with Crippen LogP contribution in [0.25, 0.3) is 0 Å². The number of aliphatic hydroxyl groups is 1. The Morgan fingerprint density at radius 1 is 0.922 bits per heavy atom. The van der Waals surface area contributed by atoms with Gasteiger partial charge in [-0.05, 0) is 13.0 Å². The number of carbonyl (C=O) groups excluding carboxylic acids is 6. The van der Waals surface area contributed by atoms with E-state index in [2.05, 4.69) is 26.2 Å². The van der Waals surface area contributed by atoms with E-state index in [0.29, 0.717) is 13.2 Å². The number of carboxylic acid groups (broad SMARTS) is 1. The average molecular weight is 900 g/mol. The molecular weight excluding hydrogens is 846 g/mol. The van der Waals surface area contributed by atoms with Crippen LogP contribution in [-0.4, -0.2) is 163 Å². The van der Waals surface area contributed by atoms with E-state index in [1.165, 1.54) is 32.4 Å². The van der Waals surface area contributed by atoms with Crippen molar-refractivity contribution in [2.75, 3.05) is 53.6 Å². The van der Waals surface area contributed by atoms with Gasteiger partial charge in [-0.25, -0.2) is 0 Å². The first-order valence-electron chi connectivity index (χ1n) is 21.2. The number of hydrogen-bond donors (Lipinski definition) is 8. The summed E-state index contributed by atoms with van der Waals surface area (Å²) >= 11 is 0. The highest BCUT2D eigenvalue weighted by molar-refractivity contribution is 6.31. The summed E-state index contributed by atoms with van der Waals surface area (Å²) in [6.07, 6.45) is -8.02. The van der Waals surface area contributed by atoms with E-state index in [1.807, 2.05) is 0 Å². The van der Waals surface area contributed by atoms with Gasteiger partial charge in [0.25, 0.3) is 5.91 Å². The molecular formula is C42H51N5O17. The first-order valence-corrected chi connectivity index (χ1v) is 20.7. The first-order chi connectivity index (χ1) is 31.0. The minimum absolute atomic E-state index is 0.0682. The molecule has 3 heterocycles. The Kier molecular flexibility index (Phi) is 13.4. The lowest BCUT2D eigenvalue weighted by molar-refractivity contribution is -0.256. The van der Waals surface area contributed by atoms with Crippen LogP contribution in [0, 0.1) is 0 Å². The molecule has 5 aliphatic rings. The van der Waals surface area contributed by atoms with Gasteiger partial charge in [-0.1, -0.05) is 12.1 Å². The first kappa shape index (κ1) is 44.8. The van der Waals surface area contributed by atoms with Gasteiger partial charge in [-0.15, -0.1) is 0 Å². The molecule has 7 rings (SSSR count). The van der Waals surface area contributed by atoms with Crippen molar-refractivity contribution in [3.8, 4) is 17.2 Å². The molecule has 0 saturated carbocycles. The molecule has 0 bridgehead atoms. The highest BCUT2D eigenvalue weighted by atomic mass is 16.7. The summed E-state index contributed by atoms with van der Waals surface area (Å²) < 4.78 is 43.2. The highest BCUT2D eigenvalue weighted by Gasteiger charge is 2.55. The smallest absolute Gasteiger partial charge is 0.303 e. The predicted octanol–water partition coefficient (Wildman–Crippen LogP) is -1.13. The molecule has 3 aliphatic heterocycles. The van der Waals surface area contributed by atoms with Gasteiger partial charge in [-0.3, -0.25) is 38.5 Å². The average Bonchev–Trinajstić information content (AvgIpc) is 3.66. The molecule has 4 amide bonds. The van der Waals surface area contributed by atoms with Crippen molar-refractivity contribution in [3.05, 3.63) is 51.6 Å². The van der Waals surface area contributed by atoms with E-state index in [0.717, 1.165) is 0 Å². The second-order valence-corrected chi connectivity index (χ2v) is 15.9. The van der Waals surface area contributed by atoms with Crippen LogP contribution in [0.15, 0.2) is 18.2 Å². The molecule has 346 valence electrons. The maximum atomic E-state index is 14.2. The molecule has 9 atom stereocenters. The number of aliphatic carboxylic acids is 1. The summed E-state index contributed by atoms with van der Waals surface area (Å²) in [5, 5.41) is 54.4. The lowest BCUT2D eigenvalue weighted by Gasteiger charge is -2.43. The maximum absolute atomic E-state index is 14.2. The van der Waals surface area contributed by atoms with Crippen molar-refractivity contribution >= 4 is 41.2 Å². The third-order valence-corrected chi connectivity index (χ3v) is 11.9. The highest BCUT2D eigenvalue weighted by Crippen LogP contribution is 2.53. The van der Waals surface area contributed by atoms with Crippen molar-refractivity contribution in [1.82, 2.24) is 26.2 Å². The number of phenols is 2. The second-order valence-electron chi connectivity index (χ2n) is 15.9. The summed E-state index contributed by atoms with van der Waals surface area (Å²) in [7, 11) is 2.83. The number of ether oxygens (including phenoxy) is 6. The largest absolute Gasteiger partial charge is 0.507 e. The Morgan fingerprint density at radius 3 is 2.39 bits per heavy atom. The molecule has 2 aliphatic carbocycles. The number of rotatable bonds is 16. The SMILES string of the molecule is [3H]C(CC(=O)O)C(=O)NCC(=O)NCCC(=O)NCCNC(=O)[C@]1(O)Cc2c(O)c3c(c(O)c2[C@@H](O[C@@H]2C[C@H]4[C@H](O[C@@H]5[C@@H](OC)OCCN54)[C@H](C)O2)C1)C(=O)c1c(OC)cccc1C3=O. The van der Waals surface area contributed by atoms with Crippen LogP contribution >= 0.6 is 0 Å². The third-order valence-electron chi connectivity index (χ3n) is 11.9. The van der Waals surface area contributed by atoms with E-state index in [9.17, 15) is 48.9 Å². The standard InChI is InChI=1S/C42H51N5O17/c1-19-38-22(47-13-14-61-40(60-3)39(47)64-38)15-29(62-19)63-24-17-42(58,41(57)45-12-11-44-26(49)9-10-43-27(50)18-46-25(48)7-8-28(51)52)16-21-31(24)37(56)33-32(35(21)54)34(53)20-5-4-6-23(59-2)30(20)36(33)55/h4-6,19,22,24,29,38-40,54,56,58H,7-18H2,1-3H3,(H,43,50)(H,44,49)(H,45,57)(H,46,48)(H,51,52)/t19-,22-,24-,29+,38+,39+,40-,42-/m0/s1/i7T/t7?,19-,22-,24-,29+,38+,39+,40-,42-. The number of phenolic OH excluding ortho intramolecular Hbond substituents is 2. The number of nitrogens with zero attached hydrogens (tertiary/aromatic N) is 1. The van der Waals surface area contributed by atoms with Crippen LogP contribution in [0.5, 0.6) is 17.2 Å². The summed E-state index contributed by atoms with van der Waals surface area (Å²) in [5.74, 6) is -7.40. The predicted molar refractivity (Wildman–Crippen MR) is 215 cm³/mol. The van der Waals surface area contributed by atoms with Crippen LogP contribution in [0.2, 0.25) is 0 Å². The topological polar surface area (TPSA) is 307 Å². The Balaban J connectivity index is 1.06. The van der Waals surface area contributed by atoms with E-state index in [4.69, 9.17) is 34.9 Å². The number of methoxy groups -OCH3 is 2. The third kappa shape index (κ3) is 9.12. The number of benzene rings is 2. The minimum atomic E-state index is -2.35. The van der Waals surface area contributed by atoms with Crippen LogP contribution in [-0.2, 0) is 54.1 Å². The fourth-order valence-electron chi connectivity index (χ4n) is 8.93. The van der Waals surface area contributed by atoms with E-state index in [-0.39, 0.29) is 66.5 Å². The summed E-state index contributed by atoms with van der Waals surface area (Å²) in [5.41, 5.74) is -3.90. The zero-order chi connectivity index (χ0) is 46.9. The van der Waals surface area contributed by atoms with Crippen LogP contribution in [0.4, 0.5) is 0 Å². The molecule has 0 radical (unpaired) electrons. The van der Waals surface area contributed by atoms with Gasteiger partial charge in [0, 0.05) is 89.5 Å². The number of aromatic hydroxyl groups is 2. The normalized spacial score (nSPS) is 27.6. The molecule has 2 aromatic carbocycles. The zero-order valence-corrected chi connectivity index (χ0v) is 35.2. The minimum Gasteiger partial charge on any atom is -0.507 e. The molecule has 3 saturated heterocycles.